The van der Waals surface area contributed by atoms with Gasteiger partial charge >= 0.3 is 5.69 Å². The lowest BCUT2D eigenvalue weighted by molar-refractivity contribution is -0.383. The molecular weight excluding hydrogens is 246 g/mol. The van der Waals surface area contributed by atoms with Crippen LogP contribution in [0.5, 0.6) is 0 Å². The Balaban J connectivity index is 2.24. The normalized spacial score (nSPS) is 15.5. The maximum absolute atomic E-state index is 11.2. The van der Waals surface area contributed by atoms with Gasteiger partial charge in [-0.05, 0) is 18.8 Å². The third-order valence-electron chi connectivity index (χ3n) is 3.59. The van der Waals surface area contributed by atoms with Crippen LogP contribution in [-0.2, 0) is 0 Å². The van der Waals surface area contributed by atoms with E-state index in [9.17, 15) is 10.1 Å². The molecule has 0 bridgehead atoms. The van der Waals surface area contributed by atoms with Crippen LogP contribution >= 0.6 is 0 Å². The van der Waals surface area contributed by atoms with Crippen LogP contribution in [0.25, 0.3) is 0 Å². The molecule has 7 heteroatoms. The van der Waals surface area contributed by atoms with E-state index >= 15 is 0 Å². The summed E-state index contributed by atoms with van der Waals surface area (Å²) < 4.78 is 0. The average Bonchev–Trinajstić information content (AvgIpc) is 2.90. The van der Waals surface area contributed by atoms with E-state index in [0.29, 0.717) is 11.7 Å². The van der Waals surface area contributed by atoms with Gasteiger partial charge in [-0.1, -0.05) is 12.8 Å². The molecule has 7 nitrogen and oxygen atoms in total. The molecule has 1 heterocycles. The molecule has 1 aliphatic rings. The number of rotatable bonds is 5. The fourth-order valence-corrected chi connectivity index (χ4v) is 2.67. The third-order valence-corrected chi connectivity index (χ3v) is 3.59. The van der Waals surface area contributed by atoms with Gasteiger partial charge in [0.25, 0.3) is 0 Å². The summed E-state index contributed by atoms with van der Waals surface area (Å²) in [5, 5.41) is 13.9. The van der Waals surface area contributed by atoms with Crippen molar-refractivity contribution < 1.29 is 4.92 Å². The molecule has 0 spiro atoms. The van der Waals surface area contributed by atoms with Crippen molar-refractivity contribution >= 4 is 17.3 Å². The molecule has 0 saturated heterocycles. The van der Waals surface area contributed by atoms with Crippen LogP contribution in [0, 0.1) is 16.0 Å². The summed E-state index contributed by atoms with van der Waals surface area (Å²) in [7, 11) is 3.48. The van der Waals surface area contributed by atoms with E-state index in [0.717, 1.165) is 6.54 Å². The Bertz CT molecular complexity index is 459. The van der Waals surface area contributed by atoms with Crippen molar-refractivity contribution in [3.8, 4) is 0 Å². The van der Waals surface area contributed by atoms with Crippen LogP contribution in [0.2, 0.25) is 0 Å². The van der Waals surface area contributed by atoms with Gasteiger partial charge in [-0.15, -0.1) is 0 Å². The molecule has 0 aromatic carbocycles. The predicted octanol–water partition coefficient (Wildman–Crippen LogP) is 2.05. The highest BCUT2D eigenvalue weighted by Gasteiger charge is 2.26. The largest absolute Gasteiger partial charge is 0.367 e. The lowest BCUT2D eigenvalue weighted by Crippen LogP contribution is -2.26. The van der Waals surface area contributed by atoms with E-state index in [2.05, 4.69) is 15.3 Å². The van der Waals surface area contributed by atoms with Crippen molar-refractivity contribution in [1.82, 2.24) is 9.97 Å². The molecule has 0 aliphatic heterocycles. The van der Waals surface area contributed by atoms with Gasteiger partial charge in [-0.25, -0.2) is 9.97 Å². The summed E-state index contributed by atoms with van der Waals surface area (Å²) in [6.07, 6.45) is 6.27. The molecule has 19 heavy (non-hydrogen) atoms. The molecule has 0 atom stereocenters. The number of nitrogens with zero attached hydrogens (tertiary/aromatic N) is 4. The van der Waals surface area contributed by atoms with Crippen molar-refractivity contribution in [2.24, 2.45) is 5.92 Å². The topological polar surface area (TPSA) is 84.2 Å². The van der Waals surface area contributed by atoms with Crippen LogP contribution in [-0.4, -0.2) is 35.5 Å². The Morgan fingerprint density at radius 3 is 2.74 bits per heavy atom. The van der Waals surface area contributed by atoms with Crippen LogP contribution in [0.4, 0.5) is 17.3 Å². The van der Waals surface area contributed by atoms with Gasteiger partial charge in [-0.3, -0.25) is 10.1 Å². The zero-order valence-electron chi connectivity index (χ0n) is 11.3. The van der Waals surface area contributed by atoms with E-state index in [1.165, 1.54) is 32.0 Å². The van der Waals surface area contributed by atoms with E-state index in [4.69, 9.17) is 0 Å². The molecule has 1 saturated carbocycles. The highest BCUT2D eigenvalue weighted by Crippen LogP contribution is 2.33. The first-order chi connectivity index (χ1) is 9.13. The highest BCUT2D eigenvalue weighted by atomic mass is 16.6. The first-order valence-corrected chi connectivity index (χ1v) is 6.51. The number of nitro groups is 1. The fraction of sp³-hybridized carbons (Fsp3) is 0.667. The van der Waals surface area contributed by atoms with Crippen molar-refractivity contribution in [2.45, 2.75) is 25.7 Å². The maximum atomic E-state index is 11.2. The molecule has 104 valence electrons. The predicted molar refractivity (Wildman–Crippen MR) is 73.5 cm³/mol. The summed E-state index contributed by atoms with van der Waals surface area (Å²) in [5.74, 6) is 1.25. The Hall–Kier alpha value is -1.92. The van der Waals surface area contributed by atoms with Crippen molar-refractivity contribution in [1.29, 1.82) is 0 Å². The second-order valence-corrected chi connectivity index (χ2v) is 4.93. The molecule has 0 amide bonds. The first kappa shape index (κ1) is 13.5. The lowest BCUT2D eigenvalue weighted by Gasteiger charge is -2.21. The van der Waals surface area contributed by atoms with Crippen molar-refractivity contribution in [3.05, 3.63) is 16.4 Å². The fourth-order valence-electron chi connectivity index (χ4n) is 2.67. The Kier molecular flexibility index (Phi) is 4.13. The minimum absolute atomic E-state index is 0.0505. The quantitative estimate of drug-likeness (QED) is 0.648. The summed E-state index contributed by atoms with van der Waals surface area (Å²) in [5.41, 5.74) is -0.0505. The summed E-state index contributed by atoms with van der Waals surface area (Å²) >= 11 is 0. The number of nitrogens with one attached hydrogen (secondary N) is 1. The zero-order valence-corrected chi connectivity index (χ0v) is 11.3. The second-order valence-electron chi connectivity index (χ2n) is 4.93. The monoisotopic (exact) mass is 265 g/mol. The van der Waals surface area contributed by atoms with E-state index in [-0.39, 0.29) is 11.5 Å². The van der Waals surface area contributed by atoms with E-state index in [1.807, 2.05) is 11.9 Å². The first-order valence-electron chi connectivity index (χ1n) is 6.51. The Labute approximate surface area is 112 Å². The minimum Gasteiger partial charge on any atom is -0.367 e. The summed E-state index contributed by atoms with van der Waals surface area (Å²) in [6.45, 7) is 0.807. The van der Waals surface area contributed by atoms with E-state index < -0.39 is 4.92 Å². The third kappa shape index (κ3) is 2.91. The molecule has 1 N–H and O–H groups in total. The van der Waals surface area contributed by atoms with Gasteiger partial charge in [-0.2, -0.15) is 0 Å². The van der Waals surface area contributed by atoms with Gasteiger partial charge in [0, 0.05) is 20.6 Å². The smallest absolute Gasteiger partial charge is 0.353 e. The zero-order chi connectivity index (χ0) is 13.8. The average molecular weight is 265 g/mol. The Morgan fingerprint density at radius 1 is 1.47 bits per heavy atom. The molecule has 1 fully saturated rings. The van der Waals surface area contributed by atoms with Crippen LogP contribution in [0.1, 0.15) is 25.7 Å². The number of hydrogen-bond donors (Lipinski definition) is 1. The number of anilines is 2. The summed E-state index contributed by atoms with van der Waals surface area (Å²) in [4.78, 5) is 20.6. The molecule has 1 aromatic heterocycles. The van der Waals surface area contributed by atoms with Gasteiger partial charge < -0.3 is 10.2 Å². The van der Waals surface area contributed by atoms with Crippen molar-refractivity contribution in [2.75, 3.05) is 30.9 Å². The minimum atomic E-state index is -0.424. The lowest BCUT2D eigenvalue weighted by atomic mass is 10.1. The second kappa shape index (κ2) is 5.81. The molecule has 0 unspecified atom stereocenters. The van der Waals surface area contributed by atoms with Crippen molar-refractivity contribution in [3.63, 3.8) is 0 Å². The Morgan fingerprint density at radius 2 is 2.16 bits per heavy atom. The van der Waals surface area contributed by atoms with Crippen LogP contribution in [0.15, 0.2) is 6.33 Å². The molecule has 2 rings (SSSR count). The SMILES string of the molecule is CNc1ncnc(N(C)CC2CCCC2)c1[N+](=O)[O-]. The van der Waals surface area contributed by atoms with Crippen LogP contribution < -0.4 is 10.2 Å². The number of aromatic nitrogens is 2. The van der Waals surface area contributed by atoms with Gasteiger partial charge in [0.2, 0.25) is 11.6 Å². The van der Waals surface area contributed by atoms with Gasteiger partial charge in [0.05, 0.1) is 4.92 Å². The standard InChI is InChI=1S/C12H19N5O2/c1-13-11-10(17(18)19)12(15-8-14-11)16(2)7-9-5-3-4-6-9/h8-9H,3-7H2,1-2H3,(H,13,14,15). The molecular formula is C12H19N5O2. The van der Waals surface area contributed by atoms with Crippen LogP contribution in [0.3, 0.4) is 0 Å². The van der Waals surface area contributed by atoms with Gasteiger partial charge in [0.1, 0.15) is 6.33 Å². The van der Waals surface area contributed by atoms with Gasteiger partial charge in [0.15, 0.2) is 0 Å². The highest BCUT2D eigenvalue weighted by molar-refractivity contribution is 5.69. The molecule has 0 radical (unpaired) electrons. The number of hydrogen-bond acceptors (Lipinski definition) is 6. The molecule has 1 aromatic rings. The maximum Gasteiger partial charge on any atom is 0.353 e. The summed E-state index contributed by atoms with van der Waals surface area (Å²) in [6, 6.07) is 0. The molecule has 1 aliphatic carbocycles. The van der Waals surface area contributed by atoms with E-state index in [1.54, 1.807) is 7.05 Å².